The summed E-state index contributed by atoms with van der Waals surface area (Å²) < 4.78 is 0. The molecule has 1 saturated heterocycles. The Balaban J connectivity index is 1.94. The van der Waals surface area contributed by atoms with E-state index in [2.05, 4.69) is 10.6 Å². The fraction of sp³-hybridized carbons (Fsp3) is 0.385. The van der Waals surface area contributed by atoms with Crippen molar-refractivity contribution >= 4 is 17.5 Å². The molecule has 1 aliphatic heterocycles. The molecule has 0 radical (unpaired) electrons. The van der Waals surface area contributed by atoms with E-state index < -0.39 is 0 Å². The number of carbonyl (C=O) groups excluding carboxylic acids is 2. The van der Waals surface area contributed by atoms with Gasteiger partial charge in [-0.2, -0.15) is 0 Å². The summed E-state index contributed by atoms with van der Waals surface area (Å²) >= 11 is 0. The van der Waals surface area contributed by atoms with Crippen LogP contribution in [0.2, 0.25) is 0 Å². The highest BCUT2D eigenvalue weighted by Gasteiger charge is 2.29. The van der Waals surface area contributed by atoms with Gasteiger partial charge in [-0.05, 0) is 19.1 Å². The van der Waals surface area contributed by atoms with Crippen LogP contribution in [0.15, 0.2) is 30.3 Å². The molecule has 0 bridgehead atoms. The van der Waals surface area contributed by atoms with Gasteiger partial charge < -0.3 is 15.5 Å². The smallest absolute Gasteiger partial charge is 0.282 e. The minimum Gasteiger partial charge on any atom is -0.346 e. The van der Waals surface area contributed by atoms with Crippen LogP contribution in [0.1, 0.15) is 6.92 Å². The monoisotopic (exact) mass is 248 g/mol. The third kappa shape index (κ3) is 3.07. The number of piperazine rings is 1. The molecule has 5 heteroatoms. The van der Waals surface area contributed by atoms with Crippen LogP contribution < -0.4 is 15.5 Å². The lowest BCUT2D eigenvalue weighted by Gasteiger charge is -2.28. The first kappa shape index (κ1) is 12.6. The highest BCUT2D eigenvalue weighted by molar-refractivity contribution is 5.93. The summed E-state index contributed by atoms with van der Waals surface area (Å²) in [6.07, 6.45) is 0. The maximum absolute atomic E-state index is 12.1. The number of anilines is 1. The number of nitrogens with one attached hydrogen (secondary N) is 3. The molecule has 1 heterocycles. The standard InChI is InChI=1S/C13H17N3O2/c1-10(16-8-7-14-12(17)9-16)13(18)15-11-5-3-2-4-6-11/h2-6,10H,7-9H2,1H3,(H,14,17)(H,15,18)/p+1/t10-/m0/s1. The molecule has 96 valence electrons. The van der Waals surface area contributed by atoms with Gasteiger partial charge in [-0.25, -0.2) is 0 Å². The average Bonchev–Trinajstić information content (AvgIpc) is 2.39. The molecule has 2 rings (SSSR count). The molecule has 0 aliphatic carbocycles. The Morgan fingerprint density at radius 2 is 2.11 bits per heavy atom. The SMILES string of the molecule is C[C@@H](C(=O)Nc1ccccc1)[NH+]1CCNC(=O)C1. The van der Waals surface area contributed by atoms with E-state index in [0.717, 1.165) is 17.1 Å². The number of benzene rings is 1. The minimum absolute atomic E-state index is 0.00983. The first-order chi connectivity index (χ1) is 8.66. The quantitative estimate of drug-likeness (QED) is 0.644. The van der Waals surface area contributed by atoms with Crippen LogP contribution in [-0.2, 0) is 9.59 Å². The lowest BCUT2D eigenvalue weighted by Crippen LogP contribution is -3.19. The van der Waals surface area contributed by atoms with Crippen molar-refractivity contribution in [2.45, 2.75) is 13.0 Å². The lowest BCUT2D eigenvalue weighted by atomic mass is 10.2. The van der Waals surface area contributed by atoms with E-state index in [1.54, 1.807) is 0 Å². The maximum atomic E-state index is 12.1. The van der Waals surface area contributed by atoms with Gasteiger partial charge in [-0.1, -0.05) is 18.2 Å². The van der Waals surface area contributed by atoms with E-state index in [1.165, 1.54) is 0 Å². The minimum atomic E-state index is -0.226. The van der Waals surface area contributed by atoms with Gasteiger partial charge in [-0.3, -0.25) is 9.59 Å². The lowest BCUT2D eigenvalue weighted by molar-refractivity contribution is -0.907. The first-order valence-corrected chi connectivity index (χ1v) is 6.14. The normalized spacial score (nSPS) is 20.9. The highest BCUT2D eigenvalue weighted by Crippen LogP contribution is 2.04. The molecule has 1 aromatic rings. The number of hydrogen-bond acceptors (Lipinski definition) is 2. The summed E-state index contributed by atoms with van der Waals surface area (Å²) in [5.74, 6) is -0.0403. The van der Waals surface area contributed by atoms with Crippen LogP contribution in [0.3, 0.4) is 0 Å². The predicted molar refractivity (Wildman–Crippen MR) is 68.2 cm³/mol. The second-order valence-electron chi connectivity index (χ2n) is 4.51. The zero-order valence-electron chi connectivity index (χ0n) is 10.4. The van der Waals surface area contributed by atoms with Crippen molar-refractivity contribution in [2.75, 3.05) is 25.0 Å². The van der Waals surface area contributed by atoms with Crippen molar-refractivity contribution in [3.05, 3.63) is 30.3 Å². The fourth-order valence-corrected chi connectivity index (χ4v) is 2.05. The average molecular weight is 248 g/mol. The molecule has 2 amide bonds. The topological polar surface area (TPSA) is 62.6 Å². The number of rotatable bonds is 3. The number of hydrogen-bond donors (Lipinski definition) is 3. The summed E-state index contributed by atoms with van der Waals surface area (Å²) in [6, 6.07) is 9.13. The van der Waals surface area contributed by atoms with Crippen molar-refractivity contribution in [2.24, 2.45) is 0 Å². The van der Waals surface area contributed by atoms with Crippen molar-refractivity contribution in [3.8, 4) is 0 Å². The first-order valence-electron chi connectivity index (χ1n) is 6.14. The number of quaternary nitrogens is 1. The third-order valence-electron chi connectivity index (χ3n) is 3.20. The Morgan fingerprint density at radius 3 is 2.78 bits per heavy atom. The maximum Gasteiger partial charge on any atom is 0.282 e. The van der Waals surface area contributed by atoms with E-state index in [4.69, 9.17) is 0 Å². The van der Waals surface area contributed by atoms with Crippen LogP contribution in [0.4, 0.5) is 5.69 Å². The van der Waals surface area contributed by atoms with Crippen molar-refractivity contribution in [1.82, 2.24) is 5.32 Å². The summed E-state index contributed by atoms with van der Waals surface area (Å²) in [5.41, 5.74) is 0.787. The molecule has 1 aromatic carbocycles. The van der Waals surface area contributed by atoms with Gasteiger partial charge in [0, 0.05) is 5.69 Å². The second-order valence-corrected chi connectivity index (χ2v) is 4.51. The molecule has 2 atom stereocenters. The number of para-hydroxylation sites is 1. The molecular formula is C13H18N3O2+. The second kappa shape index (κ2) is 5.64. The fourth-order valence-electron chi connectivity index (χ4n) is 2.05. The van der Waals surface area contributed by atoms with Gasteiger partial charge in [0.1, 0.15) is 0 Å². The summed E-state index contributed by atoms with van der Waals surface area (Å²) in [7, 11) is 0. The molecular weight excluding hydrogens is 230 g/mol. The van der Waals surface area contributed by atoms with Gasteiger partial charge in [0.15, 0.2) is 12.6 Å². The van der Waals surface area contributed by atoms with Crippen LogP contribution in [-0.4, -0.2) is 37.5 Å². The van der Waals surface area contributed by atoms with Crippen LogP contribution in [0.5, 0.6) is 0 Å². The van der Waals surface area contributed by atoms with Gasteiger partial charge in [-0.15, -0.1) is 0 Å². The zero-order valence-corrected chi connectivity index (χ0v) is 10.4. The van der Waals surface area contributed by atoms with Gasteiger partial charge in [0.05, 0.1) is 13.1 Å². The number of amides is 2. The summed E-state index contributed by atoms with van der Waals surface area (Å²) in [4.78, 5) is 24.4. The van der Waals surface area contributed by atoms with E-state index >= 15 is 0 Å². The number of carbonyl (C=O) groups is 2. The Kier molecular flexibility index (Phi) is 3.94. The van der Waals surface area contributed by atoms with Crippen molar-refractivity contribution in [1.29, 1.82) is 0 Å². The Morgan fingerprint density at radius 1 is 1.39 bits per heavy atom. The molecule has 0 saturated carbocycles. The van der Waals surface area contributed by atoms with Gasteiger partial charge >= 0.3 is 0 Å². The van der Waals surface area contributed by atoms with Crippen molar-refractivity contribution in [3.63, 3.8) is 0 Å². The predicted octanol–water partition coefficient (Wildman–Crippen LogP) is -0.972. The molecule has 1 fully saturated rings. The summed E-state index contributed by atoms with van der Waals surface area (Å²) in [6.45, 7) is 3.64. The molecule has 0 spiro atoms. The van der Waals surface area contributed by atoms with Crippen LogP contribution in [0.25, 0.3) is 0 Å². The third-order valence-corrected chi connectivity index (χ3v) is 3.20. The molecule has 0 aromatic heterocycles. The van der Waals surface area contributed by atoms with E-state index in [9.17, 15) is 9.59 Å². The molecule has 18 heavy (non-hydrogen) atoms. The highest BCUT2D eigenvalue weighted by atomic mass is 16.2. The van der Waals surface area contributed by atoms with E-state index in [0.29, 0.717) is 13.1 Å². The van der Waals surface area contributed by atoms with E-state index in [1.807, 2.05) is 37.3 Å². The molecule has 1 unspecified atom stereocenters. The van der Waals surface area contributed by atoms with Crippen LogP contribution >= 0.6 is 0 Å². The molecule has 3 N–H and O–H groups in total. The summed E-state index contributed by atoms with van der Waals surface area (Å²) in [5, 5.41) is 5.63. The van der Waals surface area contributed by atoms with Crippen LogP contribution in [0, 0.1) is 0 Å². The molecule has 1 aliphatic rings. The Bertz CT molecular complexity index is 433. The van der Waals surface area contributed by atoms with Gasteiger partial charge in [0.25, 0.3) is 11.8 Å². The Hall–Kier alpha value is -1.88. The van der Waals surface area contributed by atoms with Gasteiger partial charge in [0.2, 0.25) is 0 Å². The van der Waals surface area contributed by atoms with E-state index in [-0.39, 0.29) is 17.9 Å². The molecule has 5 nitrogen and oxygen atoms in total. The zero-order chi connectivity index (χ0) is 13.0. The largest absolute Gasteiger partial charge is 0.346 e. The van der Waals surface area contributed by atoms with Crippen molar-refractivity contribution < 1.29 is 14.5 Å². The Labute approximate surface area is 106 Å².